The van der Waals surface area contributed by atoms with Crippen molar-refractivity contribution in [3.05, 3.63) is 12.0 Å². The lowest BCUT2D eigenvalue weighted by atomic mass is 10.2. The Balaban J connectivity index is 2.43. The molecule has 0 amide bonds. The lowest BCUT2D eigenvalue weighted by Crippen LogP contribution is -2.12. The number of rotatable bonds is 1. The van der Waals surface area contributed by atoms with E-state index >= 15 is 0 Å². The number of aromatic nitrogens is 2. The van der Waals surface area contributed by atoms with E-state index in [2.05, 4.69) is 33.7 Å². The molecular weight excluding hydrogens is 200 g/mol. The van der Waals surface area contributed by atoms with Crippen LogP contribution in [0.5, 0.6) is 0 Å². The topological polar surface area (TPSA) is 17.8 Å². The number of hydrogen-bond donors (Lipinski definition) is 1. The van der Waals surface area contributed by atoms with Crippen LogP contribution in [0.4, 0.5) is 0 Å². The summed E-state index contributed by atoms with van der Waals surface area (Å²) in [5, 5.41) is 1.34. The molecule has 0 bridgehead atoms. The van der Waals surface area contributed by atoms with Gasteiger partial charge in [-0.1, -0.05) is 0 Å². The van der Waals surface area contributed by atoms with Gasteiger partial charge in [0, 0.05) is 13.0 Å². The van der Waals surface area contributed by atoms with Gasteiger partial charge in [-0.3, -0.25) is 0 Å². The van der Waals surface area contributed by atoms with Gasteiger partial charge >= 0.3 is 0 Å². The maximum Gasteiger partial charge on any atom is 0.109 e. The second-order valence-electron chi connectivity index (χ2n) is 3.89. The Morgan fingerprint density at radius 2 is 2.23 bits per heavy atom. The predicted molar refractivity (Wildman–Crippen MR) is 61.9 cm³/mol. The number of fused-ring (bicyclic) bond motifs is 1. The molecule has 1 aromatic rings. The molecule has 0 aliphatic carbocycles. The molecule has 0 radical (unpaired) electrons. The van der Waals surface area contributed by atoms with Gasteiger partial charge < -0.3 is 4.57 Å². The number of imidazole rings is 1. The van der Waals surface area contributed by atoms with Crippen LogP contribution >= 0.6 is 20.7 Å². The van der Waals surface area contributed by atoms with E-state index in [-0.39, 0.29) is 0 Å². The van der Waals surface area contributed by atoms with Gasteiger partial charge in [-0.05, 0) is 25.4 Å². The van der Waals surface area contributed by atoms with Gasteiger partial charge in [0.25, 0.3) is 0 Å². The largest absolute Gasteiger partial charge is 0.324 e. The highest BCUT2D eigenvalue weighted by molar-refractivity contribution is 8.87. The fourth-order valence-electron chi connectivity index (χ4n) is 1.79. The van der Waals surface area contributed by atoms with E-state index in [1.807, 2.05) is 6.20 Å². The van der Waals surface area contributed by atoms with Crippen LogP contribution in [-0.2, 0) is 13.0 Å². The zero-order chi connectivity index (χ0) is 9.47. The molecule has 4 heteroatoms. The Bertz CT molecular complexity index is 312. The molecule has 1 aliphatic heterocycles. The van der Waals surface area contributed by atoms with Crippen molar-refractivity contribution in [3.63, 3.8) is 0 Å². The Hall–Kier alpha value is -0.0900. The van der Waals surface area contributed by atoms with Crippen LogP contribution in [0.25, 0.3) is 0 Å². The Morgan fingerprint density at radius 3 is 2.92 bits per heavy atom. The number of nitrogens with zero attached hydrogens (tertiary/aromatic N) is 2. The fourth-order valence-corrected chi connectivity index (χ4v) is 3.27. The van der Waals surface area contributed by atoms with Gasteiger partial charge in [0.15, 0.2) is 0 Å². The van der Waals surface area contributed by atoms with E-state index in [9.17, 15) is 0 Å². The maximum absolute atomic E-state index is 4.67. The average Bonchev–Trinajstić information content (AvgIpc) is 2.45. The fraction of sp³-hybridized carbons (Fsp3) is 0.667. The van der Waals surface area contributed by atoms with Crippen molar-refractivity contribution in [2.24, 2.45) is 0 Å². The minimum Gasteiger partial charge on any atom is -0.324 e. The van der Waals surface area contributed by atoms with Crippen molar-refractivity contribution in [2.75, 3.05) is 12.5 Å². The first-order valence-electron chi connectivity index (χ1n) is 4.59. The summed E-state index contributed by atoms with van der Waals surface area (Å²) < 4.78 is 2.37. The zero-order valence-electron chi connectivity index (χ0n) is 8.16. The molecule has 0 saturated carbocycles. The van der Waals surface area contributed by atoms with Crippen LogP contribution in [0, 0.1) is 0 Å². The van der Waals surface area contributed by atoms with Crippen LogP contribution in [-0.4, -0.2) is 22.1 Å². The highest BCUT2D eigenvalue weighted by Crippen LogP contribution is 2.53. The third kappa shape index (κ3) is 1.74. The molecule has 0 unspecified atom stereocenters. The van der Waals surface area contributed by atoms with Gasteiger partial charge in [0.2, 0.25) is 0 Å². The summed E-state index contributed by atoms with van der Waals surface area (Å²) in [5.74, 6) is 1.26. The molecule has 1 aliphatic rings. The van der Waals surface area contributed by atoms with Crippen molar-refractivity contribution < 1.29 is 0 Å². The minimum atomic E-state index is -0.906. The highest BCUT2D eigenvalue weighted by atomic mass is 33.1. The van der Waals surface area contributed by atoms with Gasteiger partial charge in [0.05, 0.1) is 11.2 Å². The molecule has 1 aromatic heterocycles. The quantitative estimate of drug-likeness (QED) is 0.564. The molecule has 0 saturated heterocycles. The summed E-state index contributed by atoms with van der Waals surface area (Å²) in [6.45, 7) is 1.14. The Kier molecular flexibility index (Phi) is 2.36. The summed E-state index contributed by atoms with van der Waals surface area (Å²) >= 11 is 4.67. The lowest BCUT2D eigenvalue weighted by molar-refractivity contribution is 0.497. The summed E-state index contributed by atoms with van der Waals surface area (Å²) in [5.41, 5.74) is 0. The lowest BCUT2D eigenvalue weighted by Gasteiger charge is -2.27. The van der Waals surface area contributed by atoms with Crippen LogP contribution in [0.3, 0.4) is 0 Å². The van der Waals surface area contributed by atoms with Crippen LogP contribution < -0.4 is 0 Å². The first-order chi connectivity index (χ1) is 6.09. The molecule has 0 atom stereocenters. The van der Waals surface area contributed by atoms with E-state index in [1.165, 1.54) is 23.7 Å². The SMILES string of the molecule is CS(C)(S)c1cnc2n1CCCC2. The molecule has 0 N–H and O–H groups in total. The molecule has 2 heterocycles. The zero-order valence-corrected chi connectivity index (χ0v) is 9.87. The van der Waals surface area contributed by atoms with Crippen LogP contribution in [0.2, 0.25) is 0 Å². The average molecular weight is 216 g/mol. The van der Waals surface area contributed by atoms with Gasteiger partial charge in [-0.15, -0.1) is 11.7 Å². The molecule has 2 rings (SSSR count). The number of aryl methyl sites for hydroxylation is 1. The molecule has 74 valence electrons. The summed E-state index contributed by atoms with van der Waals surface area (Å²) in [6, 6.07) is 0. The summed E-state index contributed by atoms with van der Waals surface area (Å²) in [7, 11) is -0.906. The van der Waals surface area contributed by atoms with Crippen molar-refractivity contribution in [2.45, 2.75) is 30.8 Å². The van der Waals surface area contributed by atoms with Crippen molar-refractivity contribution in [1.29, 1.82) is 0 Å². The van der Waals surface area contributed by atoms with Crippen LogP contribution in [0.15, 0.2) is 11.2 Å². The van der Waals surface area contributed by atoms with E-state index in [4.69, 9.17) is 0 Å². The highest BCUT2D eigenvalue weighted by Gasteiger charge is 2.20. The molecule has 0 fully saturated rings. The number of hydrogen-bond acceptors (Lipinski definition) is 2. The molecule has 2 nitrogen and oxygen atoms in total. The second kappa shape index (κ2) is 3.24. The van der Waals surface area contributed by atoms with Gasteiger partial charge in [-0.25, -0.2) is 4.98 Å². The monoisotopic (exact) mass is 216 g/mol. The van der Waals surface area contributed by atoms with Gasteiger partial charge in [-0.2, -0.15) is 9.06 Å². The molecule has 0 spiro atoms. The van der Waals surface area contributed by atoms with Crippen molar-refractivity contribution in [3.8, 4) is 0 Å². The predicted octanol–water partition coefficient (Wildman–Crippen LogP) is 2.49. The normalized spacial score (nSPS) is 18.4. The maximum atomic E-state index is 4.67. The first kappa shape index (κ1) is 9.46. The summed E-state index contributed by atoms with van der Waals surface area (Å²) in [4.78, 5) is 4.46. The minimum absolute atomic E-state index is 0.906. The third-order valence-electron chi connectivity index (χ3n) is 2.45. The Morgan fingerprint density at radius 1 is 1.46 bits per heavy atom. The van der Waals surface area contributed by atoms with E-state index in [0.717, 1.165) is 13.0 Å². The van der Waals surface area contributed by atoms with E-state index in [0.29, 0.717) is 0 Å². The smallest absolute Gasteiger partial charge is 0.109 e. The first-order valence-corrected chi connectivity index (χ1v) is 8.09. The van der Waals surface area contributed by atoms with Crippen molar-refractivity contribution >= 4 is 20.7 Å². The molecular formula is C9H16N2S2. The van der Waals surface area contributed by atoms with E-state index < -0.39 is 9.06 Å². The molecule has 13 heavy (non-hydrogen) atoms. The third-order valence-corrected chi connectivity index (χ3v) is 4.36. The summed E-state index contributed by atoms with van der Waals surface area (Å²) in [6.07, 6.45) is 10.1. The Labute approximate surface area is 85.9 Å². The van der Waals surface area contributed by atoms with Crippen molar-refractivity contribution in [1.82, 2.24) is 9.55 Å². The van der Waals surface area contributed by atoms with Gasteiger partial charge in [0.1, 0.15) is 5.82 Å². The van der Waals surface area contributed by atoms with Crippen LogP contribution in [0.1, 0.15) is 18.7 Å². The molecule has 0 aromatic carbocycles. The second-order valence-corrected chi connectivity index (χ2v) is 9.60. The number of thiol groups is 1. The standard InChI is InChI=1S/C9H16N2S2/c1-13(2,12)9-7-10-8-5-3-4-6-11(8)9/h7,12H,3-6H2,1-2H3. The van der Waals surface area contributed by atoms with E-state index in [1.54, 1.807) is 0 Å².